The zero-order valence-corrected chi connectivity index (χ0v) is 50.5. The standard InChI is InChI=1S/C55H93N13O17/c1-26(2)19-31(56)45(74)63-36(21-28(5)6)53(82)67-17-11-13-39(67)50(79)59-32(15-16-43(72)73)46(75)60-34(23-41(57)70)48(77)61-35(24-42(58)71)49(78)66-44(30(9)10)52(81)62-33(20-27(3)4)47(76)65-38(25-69)54(83)68-18-12-14-40(68)51(80)64-37(55(84)85)22-29(7)8/h26-40,44,69H,11-25,56H2,1-10H3,(H2,57,70)(H2,58,71)(H,59,79)(H,60,75)(H,61,77)(H,62,81)(H,63,74)(H,64,80)(H,65,76)(H,66,78)(H,72,73)(H,84,85)/t31-,32-,33-,34-,35-,36-,37-,38-,39-,40-,44-/m0/s1. The number of carboxylic acid groups (broad SMARTS) is 2. The van der Waals surface area contributed by atoms with Gasteiger partial charge in [0.05, 0.1) is 25.5 Å². The first-order valence-corrected chi connectivity index (χ1v) is 29.0. The Labute approximate surface area is 495 Å². The van der Waals surface area contributed by atoms with Gasteiger partial charge in [-0.1, -0.05) is 69.2 Å². The van der Waals surface area contributed by atoms with Crippen molar-refractivity contribution in [3.05, 3.63) is 0 Å². The van der Waals surface area contributed by atoms with Gasteiger partial charge in [0.25, 0.3) is 0 Å². The lowest BCUT2D eigenvalue weighted by atomic mass is 9.99. The Morgan fingerprint density at radius 1 is 0.459 bits per heavy atom. The number of rotatable bonds is 36. The second-order valence-corrected chi connectivity index (χ2v) is 24.0. The number of hydrogen-bond donors (Lipinski definition) is 14. The number of nitrogens with two attached hydrogens (primary N) is 3. The van der Waals surface area contributed by atoms with E-state index in [0.717, 1.165) is 4.90 Å². The molecule has 85 heavy (non-hydrogen) atoms. The maximum atomic E-state index is 14.1. The van der Waals surface area contributed by atoms with Crippen LogP contribution in [0, 0.1) is 29.6 Å². The average Bonchev–Trinajstić information content (AvgIpc) is 2.70. The first kappa shape index (κ1) is 73.6. The minimum absolute atomic E-state index is 0.0461. The molecule has 480 valence electrons. The van der Waals surface area contributed by atoms with Crippen molar-refractivity contribution in [2.75, 3.05) is 19.7 Å². The molecule has 2 saturated heterocycles. The molecule has 0 aromatic rings. The summed E-state index contributed by atoms with van der Waals surface area (Å²) in [5, 5.41) is 49.1. The summed E-state index contributed by atoms with van der Waals surface area (Å²) < 4.78 is 0. The molecule has 2 aliphatic heterocycles. The molecular formula is C55H93N13O17. The summed E-state index contributed by atoms with van der Waals surface area (Å²) in [7, 11) is 0. The minimum atomic E-state index is -1.95. The fourth-order valence-corrected chi connectivity index (χ4v) is 9.93. The first-order chi connectivity index (χ1) is 39.6. The van der Waals surface area contributed by atoms with Gasteiger partial charge in [-0.05, 0) is 87.4 Å². The van der Waals surface area contributed by atoms with Gasteiger partial charge >= 0.3 is 11.9 Å². The summed E-state index contributed by atoms with van der Waals surface area (Å²) in [6.45, 7) is 16.6. The van der Waals surface area contributed by atoms with E-state index in [1.165, 1.54) is 18.7 Å². The summed E-state index contributed by atoms with van der Waals surface area (Å²) in [5.41, 5.74) is 17.0. The molecule has 0 spiro atoms. The summed E-state index contributed by atoms with van der Waals surface area (Å²) in [6.07, 6.45) is -1.57. The third-order valence-corrected chi connectivity index (χ3v) is 14.1. The van der Waals surface area contributed by atoms with Crippen molar-refractivity contribution in [1.29, 1.82) is 0 Å². The number of amides is 12. The van der Waals surface area contributed by atoms with Crippen LogP contribution in [0.4, 0.5) is 0 Å². The molecule has 0 aliphatic carbocycles. The van der Waals surface area contributed by atoms with Gasteiger partial charge in [-0.25, -0.2) is 4.79 Å². The van der Waals surface area contributed by atoms with E-state index in [1.54, 1.807) is 27.7 Å². The molecule has 0 unspecified atom stereocenters. The largest absolute Gasteiger partial charge is 0.481 e. The van der Waals surface area contributed by atoms with Gasteiger partial charge in [0.1, 0.15) is 60.4 Å². The normalized spacial score (nSPS) is 18.2. The van der Waals surface area contributed by atoms with Crippen LogP contribution in [-0.2, 0) is 67.1 Å². The maximum Gasteiger partial charge on any atom is 0.326 e. The van der Waals surface area contributed by atoms with Crippen molar-refractivity contribution in [2.45, 2.75) is 213 Å². The first-order valence-electron chi connectivity index (χ1n) is 29.0. The number of carbonyl (C=O) groups excluding carboxylic acids is 12. The van der Waals surface area contributed by atoms with Gasteiger partial charge in [-0.3, -0.25) is 62.3 Å². The predicted octanol–water partition coefficient (Wildman–Crippen LogP) is -3.29. The number of aliphatic hydroxyl groups is 1. The molecule has 2 fully saturated rings. The Hall–Kier alpha value is -7.50. The average molecular weight is 1210 g/mol. The minimum Gasteiger partial charge on any atom is -0.481 e. The van der Waals surface area contributed by atoms with Crippen molar-refractivity contribution < 1.29 is 82.4 Å². The van der Waals surface area contributed by atoms with Crippen LogP contribution in [0.2, 0.25) is 0 Å². The van der Waals surface area contributed by atoms with Gasteiger partial charge in [0, 0.05) is 19.5 Å². The molecule has 0 aromatic carbocycles. The molecule has 0 saturated carbocycles. The van der Waals surface area contributed by atoms with E-state index in [2.05, 4.69) is 42.5 Å². The number of hydrogen-bond acceptors (Lipinski definition) is 16. The molecular weight excluding hydrogens is 1110 g/mol. The molecule has 2 rings (SSSR count). The molecule has 17 N–H and O–H groups in total. The highest BCUT2D eigenvalue weighted by molar-refractivity contribution is 6.01. The van der Waals surface area contributed by atoms with Crippen LogP contribution >= 0.6 is 0 Å². The molecule has 0 aromatic heterocycles. The zero-order chi connectivity index (χ0) is 64.7. The van der Waals surface area contributed by atoms with Gasteiger partial charge in [-0.15, -0.1) is 0 Å². The Kier molecular flexibility index (Phi) is 30.4. The number of carboxylic acids is 2. The number of nitrogens with zero attached hydrogens (tertiary/aromatic N) is 2. The van der Waals surface area contributed by atoms with E-state index in [1.807, 2.05) is 27.7 Å². The highest BCUT2D eigenvalue weighted by Crippen LogP contribution is 2.23. The second-order valence-electron chi connectivity index (χ2n) is 24.0. The summed E-state index contributed by atoms with van der Waals surface area (Å²) >= 11 is 0. The Balaban J connectivity index is 2.35. The van der Waals surface area contributed by atoms with Crippen molar-refractivity contribution in [3.8, 4) is 0 Å². The third kappa shape index (κ3) is 24.6. The third-order valence-electron chi connectivity index (χ3n) is 14.1. The molecule has 30 nitrogen and oxygen atoms in total. The van der Waals surface area contributed by atoms with Gasteiger partial charge in [-0.2, -0.15) is 0 Å². The van der Waals surface area contributed by atoms with E-state index >= 15 is 0 Å². The lowest BCUT2D eigenvalue weighted by Crippen LogP contribution is -2.62. The van der Waals surface area contributed by atoms with Crippen LogP contribution < -0.4 is 59.7 Å². The van der Waals surface area contributed by atoms with E-state index in [9.17, 15) is 82.4 Å². The topological polar surface area (TPSA) is 480 Å². The predicted molar refractivity (Wildman–Crippen MR) is 305 cm³/mol. The fourth-order valence-electron chi connectivity index (χ4n) is 9.93. The van der Waals surface area contributed by atoms with E-state index in [0.29, 0.717) is 19.3 Å². The molecule has 2 heterocycles. The van der Waals surface area contributed by atoms with E-state index in [-0.39, 0.29) is 68.9 Å². The van der Waals surface area contributed by atoms with Crippen molar-refractivity contribution >= 4 is 82.8 Å². The maximum absolute atomic E-state index is 14.1. The summed E-state index contributed by atoms with van der Waals surface area (Å²) in [6, 6.07) is -15.7. The Morgan fingerprint density at radius 2 is 0.835 bits per heavy atom. The van der Waals surface area contributed by atoms with Crippen LogP contribution in [0.15, 0.2) is 0 Å². The highest BCUT2D eigenvalue weighted by Gasteiger charge is 2.43. The highest BCUT2D eigenvalue weighted by atomic mass is 16.4. The van der Waals surface area contributed by atoms with Crippen molar-refractivity contribution in [2.24, 2.45) is 46.8 Å². The molecule has 30 heteroatoms. The van der Waals surface area contributed by atoms with Gasteiger partial charge < -0.3 is 84.9 Å². The quantitative estimate of drug-likeness (QED) is 0.0292. The lowest BCUT2D eigenvalue weighted by molar-refractivity contribution is -0.145. The SMILES string of the molecule is CC(C)C[C@H](NC(=O)[C@@H]1CCCN1C(=O)[C@H](CO)NC(=O)[C@H](CC(C)C)NC(=O)[C@@H](NC(=O)[C@H](CC(N)=O)NC(=O)[C@H](CC(N)=O)NC(=O)[C@H](CCC(=O)O)NC(=O)[C@@H]1CCCN1C(=O)[C@H](CC(C)C)NC(=O)[C@@H](N)CC(C)C)C(C)C)C(=O)O. The fraction of sp³-hybridized carbons (Fsp3) is 0.745. The van der Waals surface area contributed by atoms with Crippen LogP contribution in [0.5, 0.6) is 0 Å². The van der Waals surface area contributed by atoms with Gasteiger partial charge in [0.2, 0.25) is 70.9 Å². The number of likely N-dealkylation sites (tertiary alicyclic amines) is 2. The number of carbonyl (C=O) groups is 14. The van der Waals surface area contributed by atoms with Crippen LogP contribution in [0.3, 0.4) is 0 Å². The number of primary amides is 2. The van der Waals surface area contributed by atoms with Crippen LogP contribution in [0.25, 0.3) is 0 Å². The molecule has 11 atom stereocenters. The number of nitrogens with one attached hydrogen (secondary N) is 8. The van der Waals surface area contributed by atoms with Crippen molar-refractivity contribution in [3.63, 3.8) is 0 Å². The van der Waals surface area contributed by atoms with Crippen LogP contribution in [-0.4, -0.2) is 194 Å². The lowest BCUT2D eigenvalue weighted by Gasteiger charge is -2.31. The summed E-state index contributed by atoms with van der Waals surface area (Å²) in [4.78, 5) is 189. The van der Waals surface area contributed by atoms with Gasteiger partial charge in [0.15, 0.2) is 0 Å². The van der Waals surface area contributed by atoms with Crippen LogP contribution in [0.1, 0.15) is 146 Å². The smallest absolute Gasteiger partial charge is 0.326 e. The molecule has 0 bridgehead atoms. The number of aliphatic hydroxyl groups excluding tert-OH is 1. The Bertz CT molecular complexity index is 2400. The van der Waals surface area contributed by atoms with E-state index in [4.69, 9.17) is 17.2 Å². The zero-order valence-electron chi connectivity index (χ0n) is 50.5. The van der Waals surface area contributed by atoms with Crippen molar-refractivity contribution in [1.82, 2.24) is 52.3 Å². The number of aliphatic carboxylic acids is 2. The monoisotopic (exact) mass is 1210 g/mol. The Morgan fingerprint density at radius 3 is 1.26 bits per heavy atom. The molecule has 2 aliphatic rings. The summed E-state index contributed by atoms with van der Waals surface area (Å²) in [5.74, 6) is -15.4. The van der Waals surface area contributed by atoms with E-state index < -0.39 is 187 Å². The molecule has 12 amide bonds. The molecule has 0 radical (unpaired) electrons. The second kappa shape index (κ2) is 35.1.